The molecular formula is C14H13ClN2S. The zero-order chi connectivity index (χ0) is 12.7. The van der Waals surface area contributed by atoms with Crippen molar-refractivity contribution < 1.29 is 0 Å². The summed E-state index contributed by atoms with van der Waals surface area (Å²) in [6.45, 7) is 4.20. The van der Waals surface area contributed by atoms with Crippen LogP contribution in [0.1, 0.15) is 22.4 Å². The van der Waals surface area contributed by atoms with E-state index in [1.54, 1.807) is 0 Å². The lowest BCUT2D eigenvalue weighted by molar-refractivity contribution is 1.07. The molecule has 2 aromatic rings. The lowest BCUT2D eigenvalue weighted by Crippen LogP contribution is -1.99. The lowest BCUT2D eigenvalue weighted by atomic mass is 10.0. The monoisotopic (exact) mass is 276 g/mol. The number of nitrogens with zero attached hydrogens (tertiary/aromatic N) is 2. The van der Waals surface area contributed by atoms with Gasteiger partial charge < -0.3 is 0 Å². The van der Waals surface area contributed by atoms with E-state index in [-0.39, 0.29) is 0 Å². The highest BCUT2D eigenvalue weighted by atomic mass is 35.5. The molecule has 0 bridgehead atoms. The van der Waals surface area contributed by atoms with E-state index in [0.717, 1.165) is 34.2 Å². The maximum absolute atomic E-state index is 6.25. The van der Waals surface area contributed by atoms with Crippen LogP contribution in [-0.4, -0.2) is 9.97 Å². The number of rotatable bonds is 1. The first kappa shape index (κ1) is 12.0. The second-order valence-electron chi connectivity index (χ2n) is 4.50. The van der Waals surface area contributed by atoms with Crippen molar-refractivity contribution in [1.82, 2.24) is 9.97 Å². The minimum Gasteiger partial charge on any atom is -0.232 e. The number of fused-ring (bicyclic) bond motifs is 1. The van der Waals surface area contributed by atoms with Crippen molar-refractivity contribution in [1.29, 1.82) is 0 Å². The predicted octanol–water partition coefficient (Wildman–Crippen LogP) is 4.16. The van der Waals surface area contributed by atoms with Crippen molar-refractivity contribution in [3.05, 3.63) is 45.7 Å². The molecule has 18 heavy (non-hydrogen) atoms. The lowest BCUT2D eigenvalue weighted by Gasteiger charge is -2.09. The maximum Gasteiger partial charge on any atom is 0.161 e. The van der Waals surface area contributed by atoms with E-state index in [2.05, 4.69) is 35.9 Å². The van der Waals surface area contributed by atoms with Crippen LogP contribution in [0.3, 0.4) is 0 Å². The van der Waals surface area contributed by atoms with Crippen molar-refractivity contribution in [3.8, 4) is 11.4 Å². The second-order valence-corrected chi connectivity index (χ2v) is 5.85. The first-order valence-electron chi connectivity index (χ1n) is 5.86. The minimum absolute atomic E-state index is 0.612. The molecule has 1 aliphatic rings. The molecule has 0 atom stereocenters. The Kier molecular flexibility index (Phi) is 3.04. The Morgan fingerprint density at radius 3 is 2.83 bits per heavy atom. The van der Waals surface area contributed by atoms with E-state index in [9.17, 15) is 0 Å². The fourth-order valence-corrected chi connectivity index (χ4v) is 3.50. The molecular weight excluding hydrogens is 264 g/mol. The number of halogens is 1. The molecule has 0 fully saturated rings. The molecule has 1 aliphatic heterocycles. The van der Waals surface area contributed by atoms with E-state index >= 15 is 0 Å². The van der Waals surface area contributed by atoms with Crippen molar-refractivity contribution in [2.75, 3.05) is 0 Å². The van der Waals surface area contributed by atoms with Crippen LogP contribution in [0, 0.1) is 13.8 Å². The van der Waals surface area contributed by atoms with Crippen molar-refractivity contribution >= 4 is 23.4 Å². The predicted molar refractivity (Wildman–Crippen MR) is 77.0 cm³/mol. The fourth-order valence-electron chi connectivity index (χ4n) is 2.13. The first-order valence-corrected chi connectivity index (χ1v) is 7.39. The van der Waals surface area contributed by atoms with E-state index in [4.69, 9.17) is 11.6 Å². The number of thioether (sulfide) groups is 1. The molecule has 0 spiro atoms. The fraction of sp³-hybridized carbons (Fsp3) is 0.286. The number of aromatic nitrogens is 2. The molecule has 0 saturated carbocycles. The smallest absolute Gasteiger partial charge is 0.161 e. The third-order valence-electron chi connectivity index (χ3n) is 3.37. The van der Waals surface area contributed by atoms with Gasteiger partial charge in [-0.2, -0.15) is 11.8 Å². The van der Waals surface area contributed by atoms with E-state index in [1.807, 2.05) is 17.8 Å². The Labute approximate surface area is 116 Å². The first-order chi connectivity index (χ1) is 8.66. The number of hydrogen-bond donors (Lipinski definition) is 0. The Balaban J connectivity index is 2.18. The third kappa shape index (κ3) is 1.91. The Morgan fingerprint density at radius 1 is 1.17 bits per heavy atom. The van der Waals surface area contributed by atoms with Gasteiger partial charge in [0, 0.05) is 22.6 Å². The van der Waals surface area contributed by atoms with Crippen LogP contribution in [0.4, 0.5) is 0 Å². The van der Waals surface area contributed by atoms with Crippen molar-refractivity contribution in [2.24, 2.45) is 0 Å². The van der Waals surface area contributed by atoms with E-state index in [0.29, 0.717) is 5.15 Å². The SMILES string of the molecule is Cc1cccc(-c2nc(Cl)c3c(n2)CSC3)c1C. The molecule has 2 nitrogen and oxygen atoms in total. The Bertz CT molecular complexity index is 625. The third-order valence-corrected chi connectivity index (χ3v) is 4.66. The van der Waals surface area contributed by atoms with Crippen LogP contribution < -0.4 is 0 Å². The summed E-state index contributed by atoms with van der Waals surface area (Å²) in [4.78, 5) is 9.13. The molecule has 0 saturated heterocycles. The normalized spacial score (nSPS) is 13.7. The van der Waals surface area contributed by atoms with Crippen LogP contribution in [0.5, 0.6) is 0 Å². The molecule has 0 amide bonds. The van der Waals surface area contributed by atoms with Gasteiger partial charge in [0.2, 0.25) is 0 Å². The second kappa shape index (κ2) is 4.56. The summed E-state index contributed by atoms with van der Waals surface area (Å²) in [6, 6.07) is 6.20. The van der Waals surface area contributed by atoms with Crippen LogP contribution in [0.15, 0.2) is 18.2 Å². The molecule has 0 aliphatic carbocycles. The molecule has 1 aromatic carbocycles. The molecule has 0 unspecified atom stereocenters. The van der Waals surface area contributed by atoms with Gasteiger partial charge in [-0.1, -0.05) is 29.8 Å². The summed E-state index contributed by atoms with van der Waals surface area (Å²) < 4.78 is 0. The Hall–Kier alpha value is -1.06. The van der Waals surface area contributed by atoms with Gasteiger partial charge in [-0.25, -0.2) is 9.97 Å². The molecule has 1 aromatic heterocycles. The van der Waals surface area contributed by atoms with Gasteiger partial charge in [-0.05, 0) is 25.0 Å². The number of benzene rings is 1. The minimum atomic E-state index is 0.612. The molecule has 3 rings (SSSR count). The average Bonchev–Trinajstić information content (AvgIpc) is 2.81. The zero-order valence-corrected chi connectivity index (χ0v) is 11.9. The van der Waals surface area contributed by atoms with Crippen molar-refractivity contribution in [3.63, 3.8) is 0 Å². The van der Waals surface area contributed by atoms with Gasteiger partial charge in [0.15, 0.2) is 5.82 Å². The number of hydrogen-bond acceptors (Lipinski definition) is 3. The molecule has 92 valence electrons. The highest BCUT2D eigenvalue weighted by molar-refractivity contribution is 7.98. The van der Waals surface area contributed by atoms with Gasteiger partial charge in [0.05, 0.1) is 5.69 Å². The van der Waals surface area contributed by atoms with E-state index < -0.39 is 0 Å². The molecule has 0 N–H and O–H groups in total. The highest BCUT2D eigenvalue weighted by Crippen LogP contribution is 2.34. The summed E-state index contributed by atoms with van der Waals surface area (Å²) in [5.41, 5.74) is 5.75. The van der Waals surface area contributed by atoms with Gasteiger partial charge in [0.1, 0.15) is 5.15 Å². The number of aryl methyl sites for hydroxylation is 1. The topological polar surface area (TPSA) is 25.8 Å². The van der Waals surface area contributed by atoms with E-state index in [1.165, 1.54) is 11.1 Å². The summed E-state index contributed by atoms with van der Waals surface area (Å²) in [7, 11) is 0. The quantitative estimate of drug-likeness (QED) is 0.732. The molecule has 0 radical (unpaired) electrons. The summed E-state index contributed by atoms with van der Waals surface area (Å²) in [6.07, 6.45) is 0. The van der Waals surface area contributed by atoms with Crippen LogP contribution in [0.25, 0.3) is 11.4 Å². The molecule has 2 heterocycles. The Morgan fingerprint density at radius 2 is 2.00 bits per heavy atom. The average molecular weight is 277 g/mol. The van der Waals surface area contributed by atoms with Gasteiger partial charge in [-0.3, -0.25) is 0 Å². The maximum atomic E-state index is 6.25. The van der Waals surface area contributed by atoms with Crippen LogP contribution >= 0.6 is 23.4 Å². The summed E-state index contributed by atoms with van der Waals surface area (Å²) in [5, 5.41) is 0.612. The summed E-state index contributed by atoms with van der Waals surface area (Å²) in [5.74, 6) is 2.62. The van der Waals surface area contributed by atoms with Gasteiger partial charge in [0.25, 0.3) is 0 Å². The van der Waals surface area contributed by atoms with Crippen molar-refractivity contribution in [2.45, 2.75) is 25.4 Å². The standard InChI is InChI=1S/C14H13ClN2S/c1-8-4-3-5-10(9(8)2)14-16-12-7-18-6-11(12)13(15)17-14/h3-5H,6-7H2,1-2H3. The van der Waals surface area contributed by atoms with Crippen LogP contribution in [-0.2, 0) is 11.5 Å². The van der Waals surface area contributed by atoms with Crippen LogP contribution in [0.2, 0.25) is 5.15 Å². The van der Waals surface area contributed by atoms with Gasteiger partial charge in [-0.15, -0.1) is 0 Å². The largest absolute Gasteiger partial charge is 0.232 e. The highest BCUT2D eigenvalue weighted by Gasteiger charge is 2.19. The zero-order valence-electron chi connectivity index (χ0n) is 10.3. The molecule has 4 heteroatoms. The van der Waals surface area contributed by atoms with Gasteiger partial charge >= 0.3 is 0 Å². The summed E-state index contributed by atoms with van der Waals surface area (Å²) >= 11 is 8.09.